The summed E-state index contributed by atoms with van der Waals surface area (Å²) in [7, 11) is -2.06. The van der Waals surface area contributed by atoms with Crippen LogP contribution < -0.4 is 0 Å². The van der Waals surface area contributed by atoms with Gasteiger partial charge in [-0.3, -0.25) is 0 Å². The van der Waals surface area contributed by atoms with Crippen molar-refractivity contribution in [2.75, 3.05) is 32.7 Å². The Bertz CT molecular complexity index is 503. The van der Waals surface area contributed by atoms with E-state index in [0.29, 0.717) is 19.6 Å². The molecule has 0 amide bonds. The minimum Gasteiger partial charge on any atom is -0.475 e. The number of sulfone groups is 1. The van der Waals surface area contributed by atoms with E-state index in [4.69, 9.17) is 19.0 Å². The first kappa shape index (κ1) is 15.7. The Labute approximate surface area is 111 Å². The van der Waals surface area contributed by atoms with E-state index >= 15 is 0 Å². The Morgan fingerprint density at radius 3 is 2.63 bits per heavy atom. The van der Waals surface area contributed by atoms with Gasteiger partial charge in [-0.25, -0.2) is 13.2 Å². The molecule has 0 aliphatic carbocycles. The number of carbonyl (C=O) groups is 1. The van der Waals surface area contributed by atoms with Crippen LogP contribution in [0.4, 0.5) is 0 Å². The molecule has 0 saturated carbocycles. The minimum atomic E-state index is -3.61. The molecule has 0 unspecified atom stereocenters. The minimum absolute atomic E-state index is 0.160. The van der Waals surface area contributed by atoms with Gasteiger partial charge in [0.15, 0.2) is 0 Å². The maximum Gasteiger partial charge on any atom is 0.371 e. The molecule has 19 heavy (non-hydrogen) atoms. The highest BCUT2D eigenvalue weighted by molar-refractivity contribution is 7.91. The molecule has 0 aliphatic rings. The van der Waals surface area contributed by atoms with Crippen molar-refractivity contribution in [3.8, 4) is 0 Å². The Morgan fingerprint density at radius 1 is 1.32 bits per heavy atom. The SMILES string of the molecule is COCCOCCCS(=O)(=O)c1ccc(C(=O)O)o1. The fourth-order valence-electron chi connectivity index (χ4n) is 1.30. The van der Waals surface area contributed by atoms with Crippen molar-refractivity contribution in [2.24, 2.45) is 0 Å². The molecule has 0 radical (unpaired) electrons. The van der Waals surface area contributed by atoms with Crippen LogP contribution in [-0.2, 0) is 19.3 Å². The van der Waals surface area contributed by atoms with Gasteiger partial charge in [-0.05, 0) is 18.6 Å². The van der Waals surface area contributed by atoms with Crippen molar-refractivity contribution < 1.29 is 32.2 Å². The topological polar surface area (TPSA) is 103 Å². The lowest BCUT2D eigenvalue weighted by Crippen LogP contribution is -2.10. The van der Waals surface area contributed by atoms with Gasteiger partial charge in [-0.15, -0.1) is 0 Å². The van der Waals surface area contributed by atoms with Gasteiger partial charge in [0.1, 0.15) is 0 Å². The second kappa shape index (κ2) is 7.27. The van der Waals surface area contributed by atoms with Crippen molar-refractivity contribution >= 4 is 15.8 Å². The average Bonchev–Trinajstić information content (AvgIpc) is 2.84. The fourth-order valence-corrected chi connectivity index (χ4v) is 2.49. The number of ether oxygens (including phenoxy) is 2. The van der Waals surface area contributed by atoms with E-state index in [2.05, 4.69) is 0 Å². The third-order valence-electron chi connectivity index (χ3n) is 2.23. The van der Waals surface area contributed by atoms with Crippen molar-refractivity contribution in [2.45, 2.75) is 11.5 Å². The second-order valence-electron chi connectivity index (χ2n) is 3.70. The van der Waals surface area contributed by atoms with Crippen LogP contribution in [-0.4, -0.2) is 52.2 Å². The Hall–Kier alpha value is -1.38. The molecule has 8 heteroatoms. The van der Waals surface area contributed by atoms with Gasteiger partial charge in [-0.2, -0.15) is 0 Å². The fraction of sp³-hybridized carbons (Fsp3) is 0.545. The molecule has 0 aromatic carbocycles. The largest absolute Gasteiger partial charge is 0.475 e. The van der Waals surface area contributed by atoms with Crippen LogP contribution >= 0.6 is 0 Å². The lowest BCUT2D eigenvalue weighted by atomic mass is 10.5. The zero-order chi connectivity index (χ0) is 14.3. The third kappa shape index (κ3) is 5.01. The molecule has 108 valence electrons. The number of carboxylic acids is 1. The van der Waals surface area contributed by atoms with Crippen LogP contribution in [0.3, 0.4) is 0 Å². The summed E-state index contributed by atoms with van der Waals surface area (Å²) in [4.78, 5) is 10.6. The summed E-state index contributed by atoms with van der Waals surface area (Å²) in [6.07, 6.45) is 0.301. The first-order valence-corrected chi connectivity index (χ1v) is 7.25. The van der Waals surface area contributed by atoms with Gasteiger partial charge in [0.05, 0.1) is 19.0 Å². The Morgan fingerprint density at radius 2 is 2.05 bits per heavy atom. The summed E-state index contributed by atoms with van der Waals surface area (Å²) in [5.74, 6) is -1.86. The molecular weight excluding hydrogens is 276 g/mol. The number of carboxylic acid groups (broad SMARTS) is 1. The molecule has 1 rings (SSSR count). The summed E-state index contributed by atoms with van der Waals surface area (Å²) in [6, 6.07) is 2.26. The maximum absolute atomic E-state index is 11.8. The average molecular weight is 292 g/mol. The zero-order valence-corrected chi connectivity index (χ0v) is 11.3. The molecule has 1 aromatic rings. The monoisotopic (exact) mass is 292 g/mol. The van der Waals surface area contributed by atoms with Gasteiger partial charge < -0.3 is 19.0 Å². The highest BCUT2D eigenvalue weighted by atomic mass is 32.2. The normalized spacial score (nSPS) is 11.6. The summed E-state index contributed by atoms with van der Waals surface area (Å²) in [6.45, 7) is 1.14. The molecule has 0 atom stereocenters. The summed E-state index contributed by atoms with van der Waals surface area (Å²) in [5, 5.41) is 8.31. The quantitative estimate of drug-likeness (QED) is 0.671. The van der Waals surface area contributed by atoms with E-state index in [1.54, 1.807) is 7.11 Å². The summed E-state index contributed by atoms with van der Waals surface area (Å²) >= 11 is 0. The molecule has 1 N–H and O–H groups in total. The number of rotatable bonds is 9. The standard InChI is InChI=1S/C11H16O7S/c1-16-6-7-17-5-2-8-19(14,15)10-4-3-9(18-10)11(12)13/h3-4H,2,5-8H2,1H3,(H,12,13). The lowest BCUT2D eigenvalue weighted by molar-refractivity contribution is 0.0656. The molecule has 0 fully saturated rings. The number of hydrogen-bond donors (Lipinski definition) is 1. The van der Waals surface area contributed by atoms with Crippen molar-refractivity contribution in [3.05, 3.63) is 17.9 Å². The molecule has 0 spiro atoms. The number of hydrogen-bond acceptors (Lipinski definition) is 6. The number of methoxy groups -OCH3 is 1. The van der Waals surface area contributed by atoms with Gasteiger partial charge in [0.25, 0.3) is 0 Å². The van der Waals surface area contributed by atoms with Crippen molar-refractivity contribution in [1.82, 2.24) is 0 Å². The lowest BCUT2D eigenvalue weighted by Gasteiger charge is -2.03. The predicted octanol–water partition coefficient (Wildman–Crippen LogP) is 0.805. The number of furan rings is 1. The van der Waals surface area contributed by atoms with Crippen LogP contribution in [0.2, 0.25) is 0 Å². The predicted molar refractivity (Wildman–Crippen MR) is 65.0 cm³/mol. The summed E-state index contributed by atoms with van der Waals surface area (Å²) < 4.78 is 38.2. The highest BCUT2D eigenvalue weighted by Gasteiger charge is 2.20. The van der Waals surface area contributed by atoms with Crippen LogP contribution in [0, 0.1) is 0 Å². The second-order valence-corrected chi connectivity index (χ2v) is 5.74. The molecule has 1 aromatic heterocycles. The van der Waals surface area contributed by atoms with E-state index in [1.807, 2.05) is 0 Å². The molecule has 0 aliphatic heterocycles. The molecule has 0 saturated heterocycles. The van der Waals surface area contributed by atoms with Crippen LogP contribution in [0.1, 0.15) is 17.0 Å². The van der Waals surface area contributed by atoms with E-state index in [0.717, 1.165) is 12.1 Å². The Kier molecular flexibility index (Phi) is 6.00. The Balaban J connectivity index is 2.44. The third-order valence-corrected chi connectivity index (χ3v) is 3.89. The van der Waals surface area contributed by atoms with E-state index in [1.165, 1.54) is 0 Å². The van der Waals surface area contributed by atoms with Gasteiger partial charge >= 0.3 is 5.97 Å². The van der Waals surface area contributed by atoms with E-state index in [-0.39, 0.29) is 17.5 Å². The highest BCUT2D eigenvalue weighted by Crippen LogP contribution is 2.16. The number of aromatic carboxylic acids is 1. The van der Waals surface area contributed by atoms with Crippen molar-refractivity contribution in [1.29, 1.82) is 0 Å². The van der Waals surface area contributed by atoms with Gasteiger partial charge in [0.2, 0.25) is 20.7 Å². The first-order chi connectivity index (χ1) is 8.97. The van der Waals surface area contributed by atoms with Gasteiger partial charge in [-0.1, -0.05) is 0 Å². The zero-order valence-electron chi connectivity index (χ0n) is 10.5. The van der Waals surface area contributed by atoms with Crippen LogP contribution in [0.15, 0.2) is 21.6 Å². The van der Waals surface area contributed by atoms with Crippen LogP contribution in [0.5, 0.6) is 0 Å². The molecule has 0 bridgehead atoms. The molecule has 1 heterocycles. The van der Waals surface area contributed by atoms with Gasteiger partial charge in [0, 0.05) is 13.7 Å². The maximum atomic E-state index is 11.8. The molecule has 7 nitrogen and oxygen atoms in total. The van der Waals surface area contributed by atoms with E-state index < -0.39 is 21.6 Å². The smallest absolute Gasteiger partial charge is 0.371 e. The molecular formula is C11H16O7S. The summed E-state index contributed by atoms with van der Waals surface area (Å²) in [5.41, 5.74) is 0. The van der Waals surface area contributed by atoms with E-state index in [9.17, 15) is 13.2 Å². The first-order valence-electron chi connectivity index (χ1n) is 5.60. The van der Waals surface area contributed by atoms with Crippen molar-refractivity contribution in [3.63, 3.8) is 0 Å². The van der Waals surface area contributed by atoms with Crippen LogP contribution in [0.25, 0.3) is 0 Å².